The minimum Gasteiger partial charge on any atom is -0.501 e. The molecule has 0 fully saturated rings. The molecule has 3 aromatic heterocycles. The fourth-order valence-electron chi connectivity index (χ4n) is 4.34. The topological polar surface area (TPSA) is 64.7 Å². The van der Waals surface area contributed by atoms with Crippen LogP contribution in [0.15, 0.2) is 89.7 Å². The van der Waals surface area contributed by atoms with Gasteiger partial charge in [0, 0.05) is 45.0 Å². The number of furan rings is 1. The van der Waals surface area contributed by atoms with E-state index in [1.165, 1.54) is 6.20 Å². The fraction of sp³-hybridized carbons (Fsp3) is 0.257. The second kappa shape index (κ2) is 12.4. The molecule has 211 valence electrons. The molecule has 5 nitrogen and oxygen atoms in total. The summed E-state index contributed by atoms with van der Waals surface area (Å²) in [5.74, 6) is 0. The summed E-state index contributed by atoms with van der Waals surface area (Å²) in [4.78, 5) is 8.59. The number of fused-ring (bicyclic) bond motifs is 3. The van der Waals surface area contributed by atoms with Crippen LogP contribution in [0, 0.1) is 17.5 Å². The molecule has 6 heteroatoms. The number of rotatable bonds is 3. The van der Waals surface area contributed by atoms with Crippen LogP contribution in [-0.2, 0) is 31.9 Å². The van der Waals surface area contributed by atoms with Crippen molar-refractivity contribution in [2.24, 2.45) is 5.41 Å². The molecule has 3 heterocycles. The van der Waals surface area contributed by atoms with E-state index in [9.17, 15) is 0 Å². The van der Waals surface area contributed by atoms with Crippen molar-refractivity contribution < 1.29 is 27.3 Å². The van der Waals surface area contributed by atoms with E-state index >= 15 is 0 Å². The molecule has 0 spiro atoms. The Morgan fingerprint density at radius 3 is 2.34 bits per heavy atom. The summed E-state index contributed by atoms with van der Waals surface area (Å²) >= 11 is 0. The Hall–Kier alpha value is -3.73. The van der Waals surface area contributed by atoms with Gasteiger partial charge in [-0.05, 0) is 29.1 Å². The van der Waals surface area contributed by atoms with Gasteiger partial charge in [-0.15, -0.1) is 54.1 Å². The van der Waals surface area contributed by atoms with Gasteiger partial charge >= 0.3 is 0 Å². The van der Waals surface area contributed by atoms with Crippen LogP contribution in [0.4, 0.5) is 0 Å². The Labute approximate surface area is 258 Å². The molecule has 6 rings (SSSR count). The zero-order valence-electron chi connectivity index (χ0n) is 26.1. The van der Waals surface area contributed by atoms with Gasteiger partial charge in [0.15, 0.2) is 0 Å². The third-order valence-corrected chi connectivity index (χ3v) is 6.19. The van der Waals surface area contributed by atoms with Gasteiger partial charge < -0.3 is 4.42 Å². The Bertz CT molecular complexity index is 1840. The zero-order chi connectivity index (χ0) is 30.1. The Balaban J connectivity index is 0.000000215. The molecule has 0 atom stereocenters. The molecular weight excluding hydrogens is 685 g/mol. The Kier molecular flexibility index (Phi) is 8.31. The van der Waals surface area contributed by atoms with Crippen LogP contribution in [0.25, 0.3) is 44.5 Å². The fourth-order valence-corrected chi connectivity index (χ4v) is 4.34. The first-order valence-electron chi connectivity index (χ1n) is 14.3. The standard InChI is InChI=1S/C21H19N2O.C14H15N2.Ir/c1-21(2,3)12-14-11-18(23-22-13-14)17-9-6-8-16-15-7-4-5-10-19(15)24-20(16)17;1-14(2,3)13-9-12(15-10-16-13)11-7-5-4-6-8-11;/h4-8,10-11,13H,12H2,1-3H3;4-7,9-10H,1-3H3;/q2*-1;/i12D2;;. The van der Waals surface area contributed by atoms with Crippen LogP contribution in [0.5, 0.6) is 0 Å². The van der Waals surface area contributed by atoms with E-state index in [1.54, 1.807) is 12.4 Å². The van der Waals surface area contributed by atoms with E-state index in [1.807, 2.05) is 87.5 Å². The van der Waals surface area contributed by atoms with Gasteiger partial charge in [0.05, 0.1) is 11.8 Å². The molecule has 0 saturated carbocycles. The van der Waals surface area contributed by atoms with Gasteiger partial charge in [0.2, 0.25) is 0 Å². The van der Waals surface area contributed by atoms with E-state index < -0.39 is 11.8 Å². The maximum Gasteiger partial charge on any atom is 0.120 e. The van der Waals surface area contributed by atoms with Crippen molar-refractivity contribution in [2.75, 3.05) is 0 Å². The van der Waals surface area contributed by atoms with Crippen molar-refractivity contribution in [3.05, 3.63) is 109 Å². The SMILES string of the molecule is CC(C)(C)c1cc(-c2[c-]cccc2)ncn1.[2H]C([2H])(c1cnnc(-c2[c-]ccc3c2oc2ccccc23)c1)C(C)(C)C.[Ir]. The first kappa shape index (κ1) is 27.4. The van der Waals surface area contributed by atoms with Gasteiger partial charge in [-0.1, -0.05) is 82.8 Å². The first-order chi connectivity index (χ1) is 19.9. The summed E-state index contributed by atoms with van der Waals surface area (Å²) in [6.07, 6.45) is 1.57. The minimum atomic E-state index is -1.54. The zero-order valence-corrected chi connectivity index (χ0v) is 26.5. The Morgan fingerprint density at radius 1 is 0.829 bits per heavy atom. The normalized spacial score (nSPS) is 12.6. The summed E-state index contributed by atoms with van der Waals surface area (Å²) < 4.78 is 23.0. The largest absolute Gasteiger partial charge is 0.501 e. The van der Waals surface area contributed by atoms with Gasteiger partial charge in [-0.2, -0.15) is 5.10 Å². The number of benzene rings is 3. The van der Waals surface area contributed by atoms with E-state index in [4.69, 9.17) is 7.16 Å². The quantitative estimate of drug-likeness (QED) is 0.171. The molecule has 0 aliphatic rings. The number of para-hydroxylation sites is 1. The van der Waals surface area contributed by atoms with Crippen molar-refractivity contribution in [1.82, 2.24) is 20.2 Å². The maximum absolute atomic E-state index is 8.49. The van der Waals surface area contributed by atoms with Crippen molar-refractivity contribution in [3.8, 4) is 22.5 Å². The molecule has 0 bridgehead atoms. The van der Waals surface area contributed by atoms with Crippen molar-refractivity contribution in [2.45, 2.75) is 53.3 Å². The van der Waals surface area contributed by atoms with Crippen LogP contribution in [0.3, 0.4) is 0 Å². The molecule has 0 amide bonds. The van der Waals surface area contributed by atoms with Gasteiger partial charge in [0.1, 0.15) is 11.9 Å². The van der Waals surface area contributed by atoms with Gasteiger partial charge in [-0.3, -0.25) is 4.98 Å². The second-order valence-electron chi connectivity index (χ2n) is 11.7. The number of hydrogen-bond donors (Lipinski definition) is 0. The van der Waals surface area contributed by atoms with Crippen molar-refractivity contribution in [3.63, 3.8) is 0 Å². The smallest absolute Gasteiger partial charge is 0.120 e. The van der Waals surface area contributed by atoms with Crippen LogP contribution in [-0.4, -0.2) is 20.2 Å². The molecule has 0 N–H and O–H groups in total. The van der Waals surface area contributed by atoms with Crippen LogP contribution < -0.4 is 0 Å². The van der Waals surface area contributed by atoms with Crippen LogP contribution >= 0.6 is 0 Å². The average Bonchev–Trinajstić information content (AvgIpc) is 3.36. The van der Waals surface area contributed by atoms with Gasteiger partial charge in [-0.25, -0.2) is 10.1 Å². The van der Waals surface area contributed by atoms with E-state index in [0.29, 0.717) is 22.4 Å². The maximum atomic E-state index is 8.49. The van der Waals surface area contributed by atoms with Crippen molar-refractivity contribution >= 4 is 21.9 Å². The number of hydrogen-bond acceptors (Lipinski definition) is 5. The summed E-state index contributed by atoms with van der Waals surface area (Å²) in [5, 5.41) is 10.3. The summed E-state index contributed by atoms with van der Waals surface area (Å²) in [6.45, 7) is 12.1. The first-order valence-corrected chi connectivity index (χ1v) is 13.3. The third-order valence-electron chi connectivity index (χ3n) is 6.19. The monoisotopic (exact) mass is 721 g/mol. The summed E-state index contributed by atoms with van der Waals surface area (Å²) in [6, 6.07) is 29.7. The van der Waals surface area contributed by atoms with Crippen LogP contribution in [0.1, 0.15) is 55.5 Å². The molecule has 41 heavy (non-hydrogen) atoms. The van der Waals surface area contributed by atoms with Crippen molar-refractivity contribution in [1.29, 1.82) is 0 Å². The molecule has 0 aliphatic heterocycles. The van der Waals surface area contributed by atoms with E-state index in [0.717, 1.165) is 33.3 Å². The number of aromatic nitrogens is 4. The predicted molar refractivity (Wildman–Crippen MR) is 162 cm³/mol. The predicted octanol–water partition coefficient (Wildman–Crippen LogP) is 8.67. The minimum absolute atomic E-state index is 0. The molecule has 6 aromatic rings. The molecule has 0 unspecified atom stereocenters. The van der Waals surface area contributed by atoms with E-state index in [2.05, 4.69) is 53.1 Å². The third kappa shape index (κ3) is 7.32. The molecule has 1 radical (unpaired) electrons. The van der Waals surface area contributed by atoms with Gasteiger partial charge in [0.25, 0.3) is 0 Å². The Morgan fingerprint density at radius 2 is 1.61 bits per heavy atom. The molecule has 3 aromatic carbocycles. The van der Waals surface area contributed by atoms with Crippen LogP contribution in [0.2, 0.25) is 0 Å². The molecule has 0 aliphatic carbocycles. The molecular formula is C35H34IrN4O-2. The molecule has 0 saturated heterocycles. The summed E-state index contributed by atoms with van der Waals surface area (Å²) in [7, 11) is 0. The second-order valence-corrected chi connectivity index (χ2v) is 11.7. The number of nitrogens with zero attached hydrogens (tertiary/aromatic N) is 4. The van der Waals surface area contributed by atoms with E-state index in [-0.39, 0.29) is 25.5 Å². The average molecular weight is 721 g/mol. The summed E-state index contributed by atoms with van der Waals surface area (Å²) in [5.41, 5.74) is 5.71.